The normalized spacial score (nSPS) is 14.9. The molecule has 1 fully saturated rings. The van der Waals surface area contributed by atoms with Gasteiger partial charge in [0.15, 0.2) is 5.65 Å². The fourth-order valence-electron chi connectivity index (χ4n) is 3.71. The number of carbonyl (C=O) groups is 2. The van der Waals surface area contributed by atoms with Crippen LogP contribution >= 0.6 is 0 Å². The van der Waals surface area contributed by atoms with Crippen LogP contribution in [0.4, 0.5) is 4.39 Å². The molecule has 8 heteroatoms. The summed E-state index contributed by atoms with van der Waals surface area (Å²) < 4.78 is 15.2. The molecule has 3 heterocycles. The van der Waals surface area contributed by atoms with Crippen LogP contribution in [0.3, 0.4) is 0 Å². The first kappa shape index (κ1) is 19.0. The maximum Gasteiger partial charge on any atom is 0.241 e. The number of hydrogen-bond acceptors (Lipinski definition) is 4. The summed E-state index contributed by atoms with van der Waals surface area (Å²) in [4.78, 5) is 26.2. The molecular formula is C21H22FN5O2. The van der Waals surface area contributed by atoms with E-state index in [1.165, 1.54) is 12.1 Å². The zero-order valence-electron chi connectivity index (χ0n) is 15.9. The molecule has 3 aromatic rings. The molecule has 1 aliphatic heterocycles. The SMILES string of the molecule is O=C(Cc1cccc(F)c1)NCC(=O)N1CCC(c2nnc3ccccn23)CC1. The molecule has 29 heavy (non-hydrogen) atoms. The summed E-state index contributed by atoms with van der Waals surface area (Å²) >= 11 is 0. The molecule has 150 valence electrons. The van der Waals surface area contributed by atoms with Gasteiger partial charge in [-0.2, -0.15) is 0 Å². The van der Waals surface area contributed by atoms with Crippen LogP contribution in [-0.2, 0) is 16.0 Å². The van der Waals surface area contributed by atoms with E-state index < -0.39 is 0 Å². The summed E-state index contributed by atoms with van der Waals surface area (Å²) in [6.07, 6.45) is 3.61. The van der Waals surface area contributed by atoms with Gasteiger partial charge >= 0.3 is 0 Å². The lowest BCUT2D eigenvalue weighted by molar-refractivity contribution is -0.133. The van der Waals surface area contributed by atoms with Crippen molar-refractivity contribution < 1.29 is 14.0 Å². The fraction of sp³-hybridized carbons (Fsp3) is 0.333. The summed E-state index contributed by atoms with van der Waals surface area (Å²) in [5, 5.41) is 11.1. The highest BCUT2D eigenvalue weighted by Gasteiger charge is 2.26. The molecule has 2 aromatic heterocycles. The maximum absolute atomic E-state index is 13.2. The van der Waals surface area contributed by atoms with E-state index in [2.05, 4.69) is 15.5 Å². The molecule has 0 aliphatic carbocycles. The Balaban J connectivity index is 1.26. The average Bonchev–Trinajstić information content (AvgIpc) is 3.16. The summed E-state index contributed by atoms with van der Waals surface area (Å²) in [7, 11) is 0. The maximum atomic E-state index is 13.2. The van der Waals surface area contributed by atoms with Crippen LogP contribution in [0.1, 0.15) is 30.1 Å². The Morgan fingerprint density at radius 2 is 1.93 bits per heavy atom. The van der Waals surface area contributed by atoms with E-state index in [1.807, 2.05) is 28.8 Å². The van der Waals surface area contributed by atoms with Crippen LogP contribution in [-0.4, -0.2) is 50.9 Å². The van der Waals surface area contributed by atoms with E-state index in [-0.39, 0.29) is 36.5 Å². The Labute approximate surface area is 167 Å². The Bertz CT molecular complexity index is 1030. The van der Waals surface area contributed by atoms with Gasteiger partial charge < -0.3 is 10.2 Å². The zero-order valence-corrected chi connectivity index (χ0v) is 15.9. The number of nitrogens with zero attached hydrogens (tertiary/aromatic N) is 4. The van der Waals surface area contributed by atoms with Crippen LogP contribution in [0.25, 0.3) is 5.65 Å². The van der Waals surface area contributed by atoms with Gasteiger partial charge in [0.05, 0.1) is 13.0 Å². The lowest BCUT2D eigenvalue weighted by atomic mass is 9.96. The third kappa shape index (κ3) is 4.42. The van der Waals surface area contributed by atoms with Crippen molar-refractivity contribution in [2.24, 2.45) is 0 Å². The molecule has 0 bridgehead atoms. The standard InChI is InChI=1S/C21H22FN5O2/c22-17-5-3-4-15(12-17)13-19(28)23-14-20(29)26-10-7-16(8-11-26)21-25-24-18-6-1-2-9-27(18)21/h1-6,9,12,16H,7-8,10-11,13-14H2,(H,23,28). The predicted molar refractivity (Wildman–Crippen MR) is 105 cm³/mol. The summed E-state index contributed by atoms with van der Waals surface area (Å²) in [6, 6.07) is 11.7. The van der Waals surface area contributed by atoms with Crippen molar-refractivity contribution in [3.05, 3.63) is 65.9 Å². The van der Waals surface area contributed by atoms with Gasteiger partial charge in [-0.25, -0.2) is 4.39 Å². The first-order chi connectivity index (χ1) is 14.1. The van der Waals surface area contributed by atoms with Crippen molar-refractivity contribution in [3.8, 4) is 0 Å². The quantitative estimate of drug-likeness (QED) is 0.716. The van der Waals surface area contributed by atoms with Crippen LogP contribution in [0.2, 0.25) is 0 Å². The highest BCUT2D eigenvalue weighted by Crippen LogP contribution is 2.27. The van der Waals surface area contributed by atoms with Crippen LogP contribution in [0, 0.1) is 5.82 Å². The molecule has 0 unspecified atom stereocenters. The van der Waals surface area contributed by atoms with Crippen molar-refractivity contribution in [3.63, 3.8) is 0 Å². The van der Waals surface area contributed by atoms with Crippen molar-refractivity contribution >= 4 is 17.5 Å². The van der Waals surface area contributed by atoms with E-state index in [0.29, 0.717) is 18.7 Å². The molecule has 1 saturated heterocycles. The average molecular weight is 395 g/mol. The Morgan fingerprint density at radius 1 is 1.10 bits per heavy atom. The monoisotopic (exact) mass is 395 g/mol. The number of benzene rings is 1. The molecule has 4 rings (SSSR count). The first-order valence-corrected chi connectivity index (χ1v) is 9.69. The molecular weight excluding hydrogens is 373 g/mol. The van der Waals surface area contributed by atoms with Gasteiger partial charge in [0.2, 0.25) is 11.8 Å². The molecule has 1 N–H and O–H groups in total. The van der Waals surface area contributed by atoms with Crippen molar-refractivity contribution in [2.45, 2.75) is 25.2 Å². The minimum Gasteiger partial charge on any atom is -0.347 e. The minimum atomic E-state index is -0.380. The number of likely N-dealkylation sites (tertiary alicyclic amines) is 1. The number of pyridine rings is 1. The van der Waals surface area contributed by atoms with E-state index in [9.17, 15) is 14.0 Å². The van der Waals surface area contributed by atoms with Crippen LogP contribution in [0.5, 0.6) is 0 Å². The Hall–Kier alpha value is -3.29. The lowest BCUT2D eigenvalue weighted by Gasteiger charge is -2.31. The van der Waals surface area contributed by atoms with Gasteiger partial charge in [-0.05, 0) is 42.7 Å². The Kier molecular flexibility index (Phi) is 5.50. The fourth-order valence-corrected chi connectivity index (χ4v) is 3.71. The molecule has 1 aliphatic rings. The number of fused-ring (bicyclic) bond motifs is 1. The third-order valence-electron chi connectivity index (χ3n) is 5.24. The highest BCUT2D eigenvalue weighted by molar-refractivity contribution is 5.85. The molecule has 1 aromatic carbocycles. The number of halogens is 1. The second-order valence-corrected chi connectivity index (χ2v) is 7.23. The van der Waals surface area contributed by atoms with Gasteiger partial charge in [0, 0.05) is 25.2 Å². The molecule has 0 saturated carbocycles. The van der Waals surface area contributed by atoms with E-state index in [0.717, 1.165) is 24.3 Å². The molecule has 0 radical (unpaired) electrons. The summed E-state index contributed by atoms with van der Waals surface area (Å²) in [5.41, 5.74) is 1.40. The third-order valence-corrected chi connectivity index (χ3v) is 5.24. The van der Waals surface area contributed by atoms with Gasteiger partial charge in [0.25, 0.3) is 0 Å². The second-order valence-electron chi connectivity index (χ2n) is 7.23. The summed E-state index contributed by atoms with van der Waals surface area (Å²) in [6.45, 7) is 1.18. The predicted octanol–water partition coefficient (Wildman–Crippen LogP) is 1.93. The first-order valence-electron chi connectivity index (χ1n) is 9.69. The van der Waals surface area contributed by atoms with Crippen molar-refractivity contribution in [2.75, 3.05) is 19.6 Å². The number of amides is 2. The molecule has 2 amide bonds. The highest BCUT2D eigenvalue weighted by atomic mass is 19.1. The van der Waals surface area contributed by atoms with E-state index in [4.69, 9.17) is 0 Å². The van der Waals surface area contributed by atoms with Gasteiger partial charge in [0.1, 0.15) is 11.6 Å². The van der Waals surface area contributed by atoms with E-state index in [1.54, 1.807) is 17.0 Å². The van der Waals surface area contributed by atoms with Gasteiger partial charge in [-0.15, -0.1) is 10.2 Å². The second kappa shape index (κ2) is 8.38. The van der Waals surface area contributed by atoms with Crippen molar-refractivity contribution in [1.29, 1.82) is 0 Å². The van der Waals surface area contributed by atoms with Gasteiger partial charge in [-0.3, -0.25) is 14.0 Å². The number of aromatic nitrogens is 3. The molecule has 7 nitrogen and oxygen atoms in total. The van der Waals surface area contributed by atoms with Gasteiger partial charge in [-0.1, -0.05) is 18.2 Å². The smallest absolute Gasteiger partial charge is 0.241 e. The summed E-state index contributed by atoms with van der Waals surface area (Å²) in [5.74, 6) is 0.390. The number of hydrogen-bond donors (Lipinski definition) is 1. The topological polar surface area (TPSA) is 79.6 Å². The Morgan fingerprint density at radius 3 is 2.72 bits per heavy atom. The zero-order chi connectivity index (χ0) is 20.2. The number of carbonyl (C=O) groups excluding carboxylic acids is 2. The largest absolute Gasteiger partial charge is 0.347 e. The number of rotatable bonds is 5. The number of piperidine rings is 1. The minimum absolute atomic E-state index is 0.0487. The van der Waals surface area contributed by atoms with Crippen LogP contribution in [0.15, 0.2) is 48.7 Å². The molecule has 0 atom stereocenters. The van der Waals surface area contributed by atoms with Crippen molar-refractivity contribution in [1.82, 2.24) is 24.8 Å². The lowest BCUT2D eigenvalue weighted by Crippen LogP contribution is -2.44. The molecule has 0 spiro atoms. The van der Waals surface area contributed by atoms with E-state index >= 15 is 0 Å². The van der Waals surface area contributed by atoms with Crippen LogP contribution < -0.4 is 5.32 Å². The number of nitrogens with one attached hydrogen (secondary N) is 1.